The molecule has 1 aromatic carbocycles. The molecule has 1 saturated carbocycles. The molecular weight excluding hydrogens is 288 g/mol. The van der Waals surface area contributed by atoms with E-state index in [0.717, 1.165) is 29.3 Å². The number of amides is 1. The number of carbonyl (C=O) groups is 1. The van der Waals surface area contributed by atoms with Crippen LogP contribution in [0.4, 0.5) is 0 Å². The lowest BCUT2D eigenvalue weighted by molar-refractivity contribution is 0.0925. The number of nitrogens with zero attached hydrogens (tertiary/aromatic N) is 2. The summed E-state index contributed by atoms with van der Waals surface area (Å²) in [7, 11) is 0. The van der Waals surface area contributed by atoms with Crippen molar-refractivity contribution in [3.63, 3.8) is 0 Å². The van der Waals surface area contributed by atoms with Gasteiger partial charge in [-0.25, -0.2) is 9.97 Å². The predicted octanol–water partition coefficient (Wildman–Crippen LogP) is 3.15. The third kappa shape index (κ3) is 2.70. The van der Waals surface area contributed by atoms with Crippen LogP contribution in [0, 0.1) is 12.8 Å². The number of aromatic amines is 1. The summed E-state index contributed by atoms with van der Waals surface area (Å²) in [6.07, 6.45) is 5.65. The van der Waals surface area contributed by atoms with Crippen LogP contribution in [0.2, 0.25) is 0 Å². The maximum atomic E-state index is 12.6. The first-order chi connectivity index (χ1) is 11.2. The second-order valence-corrected chi connectivity index (χ2v) is 6.12. The molecule has 0 bridgehead atoms. The summed E-state index contributed by atoms with van der Waals surface area (Å²) in [6.45, 7) is 2.03. The Kier molecular flexibility index (Phi) is 3.33. The molecule has 0 aliphatic heterocycles. The van der Waals surface area contributed by atoms with Crippen molar-refractivity contribution in [2.24, 2.45) is 5.92 Å². The van der Waals surface area contributed by atoms with Gasteiger partial charge in [0.25, 0.3) is 5.91 Å². The van der Waals surface area contributed by atoms with E-state index in [2.05, 4.69) is 20.3 Å². The predicted molar refractivity (Wildman–Crippen MR) is 88.0 cm³/mol. The van der Waals surface area contributed by atoms with E-state index in [4.69, 9.17) is 0 Å². The fourth-order valence-corrected chi connectivity index (χ4v) is 2.94. The highest BCUT2D eigenvalue weighted by atomic mass is 16.2. The summed E-state index contributed by atoms with van der Waals surface area (Å²) in [4.78, 5) is 24.5. The zero-order valence-corrected chi connectivity index (χ0v) is 12.9. The lowest BCUT2D eigenvalue weighted by Gasteiger charge is -2.16. The molecule has 116 valence electrons. The number of hydrogen-bond acceptors (Lipinski definition) is 3. The molecule has 1 fully saturated rings. The van der Waals surface area contributed by atoms with Gasteiger partial charge in [0.05, 0.1) is 6.04 Å². The van der Waals surface area contributed by atoms with Gasteiger partial charge in [-0.1, -0.05) is 18.2 Å². The fourth-order valence-electron chi connectivity index (χ4n) is 2.94. The minimum absolute atomic E-state index is 0.107. The molecule has 2 N–H and O–H groups in total. The SMILES string of the molecule is Cc1cccc2cc(C(=O)NC(c3ncccn3)C3CC3)[nH]c12. The van der Waals surface area contributed by atoms with Crippen molar-refractivity contribution in [2.45, 2.75) is 25.8 Å². The highest BCUT2D eigenvalue weighted by molar-refractivity contribution is 5.98. The lowest BCUT2D eigenvalue weighted by atomic mass is 10.1. The molecule has 1 unspecified atom stereocenters. The van der Waals surface area contributed by atoms with Crippen molar-refractivity contribution in [3.05, 3.63) is 59.8 Å². The second-order valence-electron chi connectivity index (χ2n) is 6.12. The van der Waals surface area contributed by atoms with Gasteiger partial charge >= 0.3 is 0 Å². The van der Waals surface area contributed by atoms with Gasteiger partial charge in [-0.05, 0) is 43.4 Å². The molecule has 5 nitrogen and oxygen atoms in total. The minimum Gasteiger partial charge on any atom is -0.350 e. The van der Waals surface area contributed by atoms with Crippen LogP contribution in [0.1, 0.15) is 40.8 Å². The number of rotatable bonds is 4. The topological polar surface area (TPSA) is 70.7 Å². The second kappa shape index (κ2) is 5.50. The third-order valence-corrected chi connectivity index (χ3v) is 4.35. The molecule has 1 amide bonds. The zero-order valence-electron chi connectivity index (χ0n) is 12.9. The number of aryl methyl sites for hydroxylation is 1. The first-order valence-electron chi connectivity index (χ1n) is 7.88. The van der Waals surface area contributed by atoms with Crippen molar-refractivity contribution < 1.29 is 4.79 Å². The van der Waals surface area contributed by atoms with Gasteiger partial charge in [-0.3, -0.25) is 4.79 Å². The lowest BCUT2D eigenvalue weighted by Crippen LogP contribution is -2.31. The maximum Gasteiger partial charge on any atom is 0.268 e. The summed E-state index contributed by atoms with van der Waals surface area (Å²) in [5.41, 5.74) is 2.72. The first kappa shape index (κ1) is 13.9. The molecule has 0 saturated heterocycles. The van der Waals surface area contributed by atoms with E-state index in [1.165, 1.54) is 0 Å². The van der Waals surface area contributed by atoms with E-state index in [0.29, 0.717) is 17.4 Å². The van der Waals surface area contributed by atoms with Crippen LogP contribution in [0.3, 0.4) is 0 Å². The van der Waals surface area contributed by atoms with Crippen molar-refractivity contribution >= 4 is 16.8 Å². The number of nitrogens with one attached hydrogen (secondary N) is 2. The summed E-state index contributed by atoms with van der Waals surface area (Å²) in [5.74, 6) is 1.02. The number of para-hydroxylation sites is 1. The highest BCUT2D eigenvalue weighted by Gasteiger charge is 2.35. The molecule has 2 heterocycles. The third-order valence-electron chi connectivity index (χ3n) is 4.35. The Balaban J connectivity index is 1.61. The van der Waals surface area contributed by atoms with E-state index in [-0.39, 0.29) is 11.9 Å². The molecule has 1 aliphatic carbocycles. The zero-order chi connectivity index (χ0) is 15.8. The quantitative estimate of drug-likeness (QED) is 0.778. The number of aromatic nitrogens is 3. The van der Waals surface area contributed by atoms with Crippen LogP contribution >= 0.6 is 0 Å². The van der Waals surface area contributed by atoms with E-state index in [1.807, 2.05) is 31.2 Å². The van der Waals surface area contributed by atoms with Gasteiger partial charge < -0.3 is 10.3 Å². The van der Waals surface area contributed by atoms with Gasteiger partial charge in [-0.2, -0.15) is 0 Å². The van der Waals surface area contributed by atoms with Crippen molar-refractivity contribution in [1.82, 2.24) is 20.3 Å². The summed E-state index contributed by atoms with van der Waals surface area (Å²) < 4.78 is 0. The number of hydrogen-bond donors (Lipinski definition) is 2. The van der Waals surface area contributed by atoms with Crippen LogP contribution in [0.25, 0.3) is 10.9 Å². The summed E-state index contributed by atoms with van der Waals surface area (Å²) in [5, 5.41) is 4.15. The highest BCUT2D eigenvalue weighted by Crippen LogP contribution is 2.39. The molecule has 0 radical (unpaired) electrons. The van der Waals surface area contributed by atoms with Gasteiger partial charge in [0.1, 0.15) is 5.69 Å². The van der Waals surface area contributed by atoms with Crippen LogP contribution in [-0.4, -0.2) is 20.9 Å². The van der Waals surface area contributed by atoms with E-state index in [9.17, 15) is 4.79 Å². The maximum absolute atomic E-state index is 12.6. The number of H-pyrrole nitrogens is 1. The van der Waals surface area contributed by atoms with Crippen molar-refractivity contribution in [1.29, 1.82) is 0 Å². The van der Waals surface area contributed by atoms with E-state index < -0.39 is 0 Å². The van der Waals surface area contributed by atoms with E-state index in [1.54, 1.807) is 18.5 Å². The molecule has 23 heavy (non-hydrogen) atoms. The molecule has 1 atom stereocenters. The minimum atomic E-state index is -0.115. The van der Waals surface area contributed by atoms with Gasteiger partial charge in [0, 0.05) is 23.3 Å². The van der Waals surface area contributed by atoms with Gasteiger partial charge in [0.15, 0.2) is 5.82 Å². The Labute approximate surface area is 134 Å². The van der Waals surface area contributed by atoms with Crippen LogP contribution in [0.15, 0.2) is 42.7 Å². The molecule has 0 spiro atoms. The Morgan fingerprint density at radius 1 is 1.26 bits per heavy atom. The molecule has 1 aliphatic rings. The standard InChI is InChI=1S/C18H18N4O/c1-11-4-2-5-13-10-14(21-15(11)13)18(23)22-16(12-6-7-12)17-19-8-3-9-20-17/h2-5,8-10,12,16,21H,6-7H2,1H3,(H,22,23). The van der Waals surface area contributed by atoms with Gasteiger partial charge in [-0.15, -0.1) is 0 Å². The average molecular weight is 306 g/mol. The van der Waals surface area contributed by atoms with Crippen LogP contribution in [0.5, 0.6) is 0 Å². The molecule has 4 rings (SSSR count). The van der Waals surface area contributed by atoms with Gasteiger partial charge in [0.2, 0.25) is 0 Å². The fraction of sp³-hybridized carbons (Fsp3) is 0.278. The normalized spacial score (nSPS) is 15.5. The monoisotopic (exact) mass is 306 g/mol. The molecular formula is C18H18N4O. The van der Waals surface area contributed by atoms with Crippen LogP contribution in [-0.2, 0) is 0 Å². The van der Waals surface area contributed by atoms with E-state index >= 15 is 0 Å². The summed E-state index contributed by atoms with van der Waals surface area (Å²) >= 11 is 0. The smallest absolute Gasteiger partial charge is 0.268 e. The number of fused-ring (bicyclic) bond motifs is 1. The summed E-state index contributed by atoms with van der Waals surface area (Å²) in [6, 6.07) is 9.61. The molecule has 5 heteroatoms. The molecule has 3 aromatic rings. The molecule has 2 aromatic heterocycles. The van der Waals surface area contributed by atoms with Crippen molar-refractivity contribution in [2.75, 3.05) is 0 Å². The Bertz CT molecular complexity index is 852. The first-order valence-corrected chi connectivity index (χ1v) is 7.88. The van der Waals surface area contributed by atoms with Crippen LogP contribution < -0.4 is 5.32 Å². The number of benzene rings is 1. The Hall–Kier alpha value is -2.69. The largest absolute Gasteiger partial charge is 0.350 e. The number of carbonyl (C=O) groups excluding carboxylic acids is 1. The Morgan fingerprint density at radius 3 is 2.74 bits per heavy atom. The van der Waals surface area contributed by atoms with Crippen molar-refractivity contribution in [3.8, 4) is 0 Å². The average Bonchev–Trinajstić information content (AvgIpc) is 3.31. The Morgan fingerprint density at radius 2 is 2.04 bits per heavy atom.